The van der Waals surface area contributed by atoms with Gasteiger partial charge in [-0.25, -0.2) is 0 Å². The Balaban J connectivity index is 2.16. The molecule has 0 heterocycles. The van der Waals surface area contributed by atoms with E-state index in [9.17, 15) is 0 Å². The zero-order valence-corrected chi connectivity index (χ0v) is 12.6. The SMILES string of the molecule is CCNC(=NCCCOCC(C)C)NC1CC=CC1. The second kappa shape index (κ2) is 9.84. The number of ether oxygens (including phenoxy) is 1. The van der Waals surface area contributed by atoms with Crippen LogP contribution in [0, 0.1) is 5.92 Å². The first kappa shape index (κ1) is 16.0. The van der Waals surface area contributed by atoms with Gasteiger partial charge in [0.2, 0.25) is 0 Å². The van der Waals surface area contributed by atoms with Crippen molar-refractivity contribution in [1.82, 2.24) is 10.6 Å². The number of rotatable bonds is 8. The van der Waals surface area contributed by atoms with Gasteiger partial charge in [0.25, 0.3) is 0 Å². The van der Waals surface area contributed by atoms with Crippen LogP contribution in [-0.4, -0.2) is 38.3 Å². The zero-order valence-electron chi connectivity index (χ0n) is 12.6. The largest absolute Gasteiger partial charge is 0.381 e. The fourth-order valence-electron chi connectivity index (χ4n) is 1.92. The molecule has 110 valence electrons. The zero-order chi connectivity index (χ0) is 13.9. The van der Waals surface area contributed by atoms with Gasteiger partial charge < -0.3 is 15.4 Å². The summed E-state index contributed by atoms with van der Waals surface area (Å²) < 4.78 is 5.55. The summed E-state index contributed by atoms with van der Waals surface area (Å²) in [6, 6.07) is 0.509. The maximum atomic E-state index is 5.55. The Morgan fingerprint density at radius 3 is 2.74 bits per heavy atom. The third-order valence-electron chi connectivity index (χ3n) is 2.86. The molecule has 0 amide bonds. The molecule has 4 heteroatoms. The molecule has 0 unspecified atom stereocenters. The van der Waals surface area contributed by atoms with Gasteiger partial charge in [0.1, 0.15) is 0 Å². The number of nitrogens with zero attached hydrogens (tertiary/aromatic N) is 1. The normalized spacial score (nSPS) is 16.3. The van der Waals surface area contributed by atoms with Crippen LogP contribution in [0.25, 0.3) is 0 Å². The van der Waals surface area contributed by atoms with Crippen LogP contribution in [0.1, 0.15) is 40.0 Å². The molecule has 4 nitrogen and oxygen atoms in total. The summed E-state index contributed by atoms with van der Waals surface area (Å²) >= 11 is 0. The molecule has 1 aliphatic rings. The molecule has 2 N–H and O–H groups in total. The van der Waals surface area contributed by atoms with Crippen molar-refractivity contribution in [2.24, 2.45) is 10.9 Å². The molecule has 1 aliphatic carbocycles. The third kappa shape index (κ3) is 7.88. The van der Waals surface area contributed by atoms with Gasteiger partial charge in [-0.1, -0.05) is 26.0 Å². The predicted molar refractivity (Wildman–Crippen MR) is 81.6 cm³/mol. The van der Waals surface area contributed by atoms with Crippen molar-refractivity contribution < 1.29 is 4.74 Å². The molecule has 0 aliphatic heterocycles. The molecular weight excluding hydrogens is 238 g/mol. The smallest absolute Gasteiger partial charge is 0.191 e. The molecule has 19 heavy (non-hydrogen) atoms. The Kier molecular flexibility index (Phi) is 8.30. The average Bonchev–Trinajstić information content (AvgIpc) is 2.86. The van der Waals surface area contributed by atoms with Crippen molar-refractivity contribution >= 4 is 5.96 Å². The van der Waals surface area contributed by atoms with Crippen LogP contribution in [0.5, 0.6) is 0 Å². The summed E-state index contributed by atoms with van der Waals surface area (Å²) in [4.78, 5) is 4.58. The minimum absolute atomic E-state index is 0.509. The van der Waals surface area contributed by atoms with Crippen molar-refractivity contribution in [2.75, 3.05) is 26.3 Å². The molecule has 0 bridgehead atoms. The van der Waals surface area contributed by atoms with E-state index in [1.807, 2.05) is 0 Å². The van der Waals surface area contributed by atoms with E-state index in [4.69, 9.17) is 4.74 Å². The molecule has 0 atom stereocenters. The predicted octanol–water partition coefficient (Wildman–Crippen LogP) is 2.32. The van der Waals surface area contributed by atoms with E-state index in [1.54, 1.807) is 0 Å². The van der Waals surface area contributed by atoms with Gasteiger partial charge in [-0.3, -0.25) is 4.99 Å². The van der Waals surface area contributed by atoms with Crippen molar-refractivity contribution in [1.29, 1.82) is 0 Å². The lowest BCUT2D eigenvalue weighted by molar-refractivity contribution is 0.109. The summed E-state index contributed by atoms with van der Waals surface area (Å²) in [6.45, 7) is 9.78. The number of guanidine groups is 1. The maximum Gasteiger partial charge on any atom is 0.191 e. The molecule has 1 rings (SSSR count). The minimum atomic E-state index is 0.509. The third-order valence-corrected chi connectivity index (χ3v) is 2.86. The highest BCUT2D eigenvalue weighted by Crippen LogP contribution is 2.08. The van der Waals surface area contributed by atoms with E-state index in [-0.39, 0.29) is 0 Å². The Morgan fingerprint density at radius 2 is 2.11 bits per heavy atom. The Bertz CT molecular complexity index is 279. The van der Waals surface area contributed by atoms with E-state index in [0.29, 0.717) is 12.0 Å². The van der Waals surface area contributed by atoms with E-state index in [2.05, 4.69) is 48.5 Å². The van der Waals surface area contributed by atoms with Crippen molar-refractivity contribution in [2.45, 2.75) is 46.1 Å². The lowest BCUT2D eigenvalue weighted by Gasteiger charge is -2.16. The van der Waals surface area contributed by atoms with Gasteiger partial charge >= 0.3 is 0 Å². The Hall–Kier alpha value is -1.03. The summed E-state index contributed by atoms with van der Waals surface area (Å²) in [6.07, 6.45) is 7.62. The Labute approximate surface area is 117 Å². The summed E-state index contributed by atoms with van der Waals surface area (Å²) in [5.74, 6) is 1.54. The number of nitrogens with one attached hydrogen (secondary N) is 2. The number of hydrogen-bond donors (Lipinski definition) is 2. The molecule has 0 aromatic heterocycles. The van der Waals surface area contributed by atoms with E-state index < -0.39 is 0 Å². The lowest BCUT2D eigenvalue weighted by atomic mass is 10.2. The summed E-state index contributed by atoms with van der Waals surface area (Å²) in [7, 11) is 0. The second-order valence-electron chi connectivity index (χ2n) is 5.37. The van der Waals surface area contributed by atoms with Gasteiger partial charge in [-0.05, 0) is 32.1 Å². The fourth-order valence-corrected chi connectivity index (χ4v) is 1.92. The van der Waals surface area contributed by atoms with E-state index in [1.165, 1.54) is 0 Å². The number of hydrogen-bond acceptors (Lipinski definition) is 2. The highest BCUT2D eigenvalue weighted by atomic mass is 16.5. The molecule has 0 fully saturated rings. The van der Waals surface area contributed by atoms with Gasteiger partial charge in [0, 0.05) is 32.3 Å². The van der Waals surface area contributed by atoms with Gasteiger partial charge in [-0.15, -0.1) is 0 Å². The molecular formula is C15H29N3O. The van der Waals surface area contributed by atoms with E-state index >= 15 is 0 Å². The summed E-state index contributed by atoms with van der Waals surface area (Å²) in [5.41, 5.74) is 0. The first-order valence-electron chi connectivity index (χ1n) is 7.50. The maximum absolute atomic E-state index is 5.55. The fraction of sp³-hybridized carbons (Fsp3) is 0.800. The summed E-state index contributed by atoms with van der Waals surface area (Å²) in [5, 5.41) is 6.75. The van der Waals surface area contributed by atoms with Crippen LogP contribution in [0.4, 0.5) is 0 Å². The van der Waals surface area contributed by atoms with Gasteiger partial charge in [0.05, 0.1) is 0 Å². The van der Waals surface area contributed by atoms with Crippen LogP contribution < -0.4 is 10.6 Å². The van der Waals surface area contributed by atoms with E-state index in [0.717, 1.165) is 51.5 Å². The topological polar surface area (TPSA) is 45.7 Å². The molecule has 0 saturated heterocycles. The number of aliphatic imine (C=N–C) groups is 1. The average molecular weight is 267 g/mol. The molecule has 0 aromatic carbocycles. The van der Waals surface area contributed by atoms with Crippen molar-refractivity contribution in [3.8, 4) is 0 Å². The first-order valence-corrected chi connectivity index (χ1v) is 7.50. The highest BCUT2D eigenvalue weighted by molar-refractivity contribution is 5.80. The van der Waals surface area contributed by atoms with Crippen LogP contribution in [0.15, 0.2) is 17.1 Å². The van der Waals surface area contributed by atoms with Crippen LogP contribution in [-0.2, 0) is 4.74 Å². The molecule has 0 saturated carbocycles. The monoisotopic (exact) mass is 267 g/mol. The second-order valence-corrected chi connectivity index (χ2v) is 5.37. The van der Waals surface area contributed by atoms with Crippen LogP contribution in [0.3, 0.4) is 0 Å². The van der Waals surface area contributed by atoms with Crippen molar-refractivity contribution in [3.63, 3.8) is 0 Å². The van der Waals surface area contributed by atoms with Crippen LogP contribution in [0.2, 0.25) is 0 Å². The Morgan fingerprint density at radius 1 is 1.37 bits per heavy atom. The lowest BCUT2D eigenvalue weighted by Crippen LogP contribution is -2.42. The van der Waals surface area contributed by atoms with Crippen LogP contribution >= 0.6 is 0 Å². The minimum Gasteiger partial charge on any atom is -0.381 e. The molecule has 0 radical (unpaired) electrons. The molecule has 0 aromatic rings. The van der Waals surface area contributed by atoms with Gasteiger partial charge in [-0.2, -0.15) is 0 Å². The molecule has 0 spiro atoms. The highest BCUT2D eigenvalue weighted by Gasteiger charge is 2.11. The quantitative estimate of drug-likeness (QED) is 0.307. The first-order chi connectivity index (χ1) is 9.22. The van der Waals surface area contributed by atoms with Crippen molar-refractivity contribution in [3.05, 3.63) is 12.2 Å². The van der Waals surface area contributed by atoms with Gasteiger partial charge in [0.15, 0.2) is 5.96 Å². The standard InChI is InChI=1S/C15H29N3O/c1-4-16-15(18-14-8-5-6-9-14)17-10-7-11-19-12-13(2)3/h5-6,13-14H,4,7-12H2,1-3H3,(H2,16,17,18).